The van der Waals surface area contributed by atoms with Crippen molar-refractivity contribution in [3.05, 3.63) is 29.8 Å². The maximum Gasteiger partial charge on any atom is 0.337 e. The molecule has 0 fully saturated rings. The second-order valence-electron chi connectivity index (χ2n) is 5.30. The van der Waals surface area contributed by atoms with Gasteiger partial charge in [-0.3, -0.25) is 0 Å². The third-order valence-electron chi connectivity index (χ3n) is 3.43. The van der Waals surface area contributed by atoms with Crippen LogP contribution in [0, 0.1) is 0 Å². The second-order valence-corrected chi connectivity index (χ2v) is 5.63. The number of benzene rings is 1. The summed E-state index contributed by atoms with van der Waals surface area (Å²) in [5.41, 5.74) is 1.30. The monoisotopic (exact) mass is 310 g/mol. The largest absolute Gasteiger partial charge is 0.425 e. The Kier molecular flexibility index (Phi) is 10.1. The van der Waals surface area contributed by atoms with E-state index in [9.17, 15) is 4.79 Å². The van der Waals surface area contributed by atoms with Crippen LogP contribution in [0.2, 0.25) is 0 Å². The van der Waals surface area contributed by atoms with Crippen LogP contribution in [0.15, 0.2) is 24.3 Å². The lowest BCUT2D eigenvalue weighted by Gasteiger charge is -2.05. The molecule has 0 aromatic heterocycles. The first-order chi connectivity index (χ1) is 10.3. The highest BCUT2D eigenvalue weighted by atomic mass is 31.0. The first-order valence-corrected chi connectivity index (χ1v) is 8.34. The highest BCUT2D eigenvalue weighted by molar-refractivity contribution is 7.09. The lowest BCUT2D eigenvalue weighted by molar-refractivity contribution is -0.136. The maximum absolute atomic E-state index is 11.3. The summed E-state index contributed by atoms with van der Waals surface area (Å²) >= 11 is 0. The zero-order valence-electron chi connectivity index (χ0n) is 13.0. The highest BCUT2D eigenvalue weighted by Gasteiger charge is 2.03. The quantitative estimate of drug-likeness (QED) is 0.257. The highest BCUT2D eigenvalue weighted by Crippen LogP contribution is 2.15. The van der Waals surface area contributed by atoms with Crippen molar-refractivity contribution in [2.24, 2.45) is 0 Å². The van der Waals surface area contributed by atoms with Crippen molar-refractivity contribution in [3.63, 3.8) is 0 Å². The molecule has 1 rings (SSSR count). The topological polar surface area (TPSA) is 35.5 Å². The van der Waals surface area contributed by atoms with Crippen LogP contribution in [0.5, 0.6) is 5.75 Å². The number of carbonyl (C=O) groups is 1. The molecule has 0 aliphatic heterocycles. The van der Waals surface area contributed by atoms with Crippen LogP contribution in [0.1, 0.15) is 57.4 Å². The summed E-state index contributed by atoms with van der Waals surface area (Å²) in [7, 11) is 2.03. The molecule has 1 aromatic rings. The lowest BCUT2D eigenvalue weighted by atomic mass is 10.0. The van der Waals surface area contributed by atoms with E-state index in [4.69, 9.17) is 4.74 Å². The fourth-order valence-corrected chi connectivity index (χ4v) is 2.38. The Bertz CT molecular complexity index is 390. The van der Waals surface area contributed by atoms with E-state index >= 15 is 0 Å². The van der Waals surface area contributed by atoms with Gasteiger partial charge in [-0.05, 0) is 30.5 Å². The third-order valence-corrected chi connectivity index (χ3v) is 3.59. The standard InChI is InChI=1S/C17H27O3P/c1-2-3-4-5-6-7-8-9-15-10-12-16(13-11-15)20-17(18)14-19-21/h10-13H,2-9,14,21H2,1H3. The molecular formula is C17H27O3P. The smallest absolute Gasteiger partial charge is 0.337 e. The second kappa shape index (κ2) is 11.7. The average molecular weight is 310 g/mol. The number of rotatable bonds is 11. The van der Waals surface area contributed by atoms with E-state index < -0.39 is 0 Å². The maximum atomic E-state index is 11.3. The minimum absolute atomic E-state index is 0.0511. The van der Waals surface area contributed by atoms with Crippen molar-refractivity contribution in [1.29, 1.82) is 0 Å². The van der Waals surface area contributed by atoms with E-state index in [1.165, 1.54) is 50.5 Å². The molecule has 0 saturated heterocycles. The molecule has 0 amide bonds. The number of esters is 1. The number of unbranched alkanes of at least 4 members (excludes halogenated alkanes) is 6. The number of hydrogen-bond donors (Lipinski definition) is 0. The zero-order chi connectivity index (χ0) is 15.3. The number of ether oxygens (including phenoxy) is 1. The minimum Gasteiger partial charge on any atom is -0.425 e. The van der Waals surface area contributed by atoms with Crippen LogP contribution < -0.4 is 4.74 Å². The Morgan fingerprint density at radius 2 is 1.62 bits per heavy atom. The van der Waals surface area contributed by atoms with Gasteiger partial charge in [0.25, 0.3) is 0 Å². The third kappa shape index (κ3) is 8.85. The lowest BCUT2D eigenvalue weighted by Crippen LogP contribution is -2.12. The Balaban J connectivity index is 2.17. The van der Waals surface area contributed by atoms with E-state index in [1.54, 1.807) is 0 Å². The van der Waals surface area contributed by atoms with E-state index in [-0.39, 0.29) is 12.6 Å². The summed E-state index contributed by atoms with van der Waals surface area (Å²) in [6.07, 6.45) is 10.4. The van der Waals surface area contributed by atoms with Crippen LogP contribution in [-0.4, -0.2) is 12.6 Å². The molecule has 1 unspecified atom stereocenters. The number of aryl methyl sites for hydroxylation is 1. The van der Waals surface area contributed by atoms with E-state index in [0.717, 1.165) is 6.42 Å². The van der Waals surface area contributed by atoms with Gasteiger partial charge in [0.2, 0.25) is 0 Å². The van der Waals surface area contributed by atoms with Crippen LogP contribution in [-0.2, 0) is 15.7 Å². The Labute approximate surface area is 130 Å². The molecule has 0 heterocycles. The van der Waals surface area contributed by atoms with Gasteiger partial charge in [0, 0.05) is 9.47 Å². The first kappa shape index (κ1) is 18.1. The summed E-state index contributed by atoms with van der Waals surface area (Å²) in [5.74, 6) is 0.190. The molecule has 3 nitrogen and oxygen atoms in total. The van der Waals surface area contributed by atoms with Gasteiger partial charge >= 0.3 is 5.97 Å². The molecule has 0 radical (unpaired) electrons. The number of carbonyl (C=O) groups excluding carboxylic acids is 1. The summed E-state index contributed by atoms with van der Waals surface area (Å²) in [6, 6.07) is 7.75. The summed E-state index contributed by atoms with van der Waals surface area (Å²) < 4.78 is 9.76. The molecule has 1 atom stereocenters. The fraction of sp³-hybridized carbons (Fsp3) is 0.588. The minimum atomic E-state index is -0.384. The van der Waals surface area contributed by atoms with Gasteiger partial charge in [-0.15, -0.1) is 0 Å². The van der Waals surface area contributed by atoms with Crippen molar-refractivity contribution >= 4 is 15.4 Å². The van der Waals surface area contributed by atoms with Gasteiger partial charge < -0.3 is 9.26 Å². The molecule has 21 heavy (non-hydrogen) atoms. The molecular weight excluding hydrogens is 283 g/mol. The molecule has 0 aliphatic carbocycles. The molecule has 0 bridgehead atoms. The SMILES string of the molecule is CCCCCCCCCc1ccc(OC(=O)COP)cc1. The Morgan fingerprint density at radius 3 is 2.24 bits per heavy atom. The van der Waals surface area contributed by atoms with Crippen molar-refractivity contribution in [3.8, 4) is 5.75 Å². The fourth-order valence-electron chi connectivity index (χ4n) is 2.24. The van der Waals surface area contributed by atoms with Crippen LogP contribution in [0.25, 0.3) is 0 Å². The van der Waals surface area contributed by atoms with Gasteiger partial charge in [-0.2, -0.15) is 0 Å². The van der Waals surface area contributed by atoms with Gasteiger partial charge in [-0.1, -0.05) is 57.6 Å². The Morgan fingerprint density at radius 1 is 1.00 bits per heavy atom. The normalized spacial score (nSPS) is 10.6. The van der Waals surface area contributed by atoms with Crippen molar-refractivity contribution in [2.75, 3.05) is 6.61 Å². The van der Waals surface area contributed by atoms with Gasteiger partial charge in [-0.25, -0.2) is 4.79 Å². The molecule has 0 aliphatic rings. The molecule has 118 valence electrons. The summed E-state index contributed by atoms with van der Waals surface area (Å²) in [5, 5.41) is 0. The molecule has 4 heteroatoms. The van der Waals surface area contributed by atoms with Crippen molar-refractivity contribution < 1.29 is 14.1 Å². The summed E-state index contributed by atoms with van der Waals surface area (Å²) in [4.78, 5) is 11.3. The van der Waals surface area contributed by atoms with Gasteiger partial charge in [0.1, 0.15) is 12.4 Å². The van der Waals surface area contributed by atoms with Crippen LogP contribution in [0.4, 0.5) is 0 Å². The molecule has 0 saturated carbocycles. The first-order valence-electron chi connectivity index (χ1n) is 7.87. The Hall–Kier alpha value is -0.920. The average Bonchev–Trinajstić information content (AvgIpc) is 2.48. The van der Waals surface area contributed by atoms with E-state index in [0.29, 0.717) is 5.75 Å². The zero-order valence-corrected chi connectivity index (χ0v) is 14.1. The van der Waals surface area contributed by atoms with Crippen LogP contribution >= 0.6 is 9.47 Å². The molecule has 0 N–H and O–H groups in total. The van der Waals surface area contributed by atoms with Gasteiger partial charge in [0.15, 0.2) is 0 Å². The van der Waals surface area contributed by atoms with Gasteiger partial charge in [0.05, 0.1) is 0 Å². The molecule has 0 spiro atoms. The summed E-state index contributed by atoms with van der Waals surface area (Å²) in [6.45, 7) is 2.19. The van der Waals surface area contributed by atoms with E-state index in [2.05, 4.69) is 11.4 Å². The van der Waals surface area contributed by atoms with Crippen molar-refractivity contribution in [2.45, 2.75) is 58.3 Å². The molecule has 1 aromatic carbocycles. The van der Waals surface area contributed by atoms with Crippen LogP contribution in [0.3, 0.4) is 0 Å². The van der Waals surface area contributed by atoms with E-state index in [1.807, 2.05) is 33.7 Å². The predicted octanol–water partition coefficient (Wildman–Crippen LogP) is 4.69. The number of hydrogen-bond acceptors (Lipinski definition) is 3. The predicted molar refractivity (Wildman–Crippen MR) is 89.4 cm³/mol. The van der Waals surface area contributed by atoms with Crippen molar-refractivity contribution in [1.82, 2.24) is 0 Å².